The molecule has 3 heterocycles. The molecule has 0 bridgehead atoms. The van der Waals surface area contributed by atoms with Crippen LogP contribution in [0.2, 0.25) is 0 Å². The van der Waals surface area contributed by atoms with Crippen molar-refractivity contribution in [1.82, 2.24) is 14.9 Å². The molecule has 1 aromatic carbocycles. The summed E-state index contributed by atoms with van der Waals surface area (Å²) < 4.78 is 31.1. The molecule has 4 aromatic rings. The highest BCUT2D eigenvalue weighted by Crippen LogP contribution is 2.39. The van der Waals surface area contributed by atoms with Crippen molar-refractivity contribution in [2.45, 2.75) is 6.54 Å². The van der Waals surface area contributed by atoms with E-state index >= 15 is 0 Å². The molecular formula is C25H25FN4O5S. The van der Waals surface area contributed by atoms with Gasteiger partial charge in [-0.25, -0.2) is 9.18 Å². The molecule has 0 atom stereocenters. The standard InChI is InChI=1S/C25H25FN4O5S/c1-33-10-11-34-9-8-30(25(31)32)15-16-2-4-19(29-14-16)23-13-20-24(36-23)22(6-7-28-20)35-21-5-3-17(27)12-18(21)26/h2-7,12-14H,8-11,15,27H2,1H3,(H,31,32). The molecule has 1 amide bonds. The molecule has 3 aromatic heterocycles. The minimum absolute atomic E-state index is 0.0706. The topological polar surface area (TPSA) is 120 Å². The van der Waals surface area contributed by atoms with Crippen molar-refractivity contribution in [3.8, 4) is 22.1 Å². The number of nitrogen functional groups attached to an aromatic ring is 1. The van der Waals surface area contributed by atoms with Crippen molar-refractivity contribution in [3.63, 3.8) is 0 Å². The zero-order valence-electron chi connectivity index (χ0n) is 19.5. The van der Waals surface area contributed by atoms with Gasteiger partial charge in [0.15, 0.2) is 11.6 Å². The summed E-state index contributed by atoms with van der Waals surface area (Å²) in [5, 5.41) is 9.49. The Bertz CT molecular complexity index is 1330. The summed E-state index contributed by atoms with van der Waals surface area (Å²) in [7, 11) is 1.58. The van der Waals surface area contributed by atoms with Gasteiger partial charge in [-0.2, -0.15) is 0 Å². The molecule has 36 heavy (non-hydrogen) atoms. The molecule has 0 aliphatic carbocycles. The number of aromatic nitrogens is 2. The van der Waals surface area contributed by atoms with Crippen LogP contribution >= 0.6 is 11.3 Å². The second-order valence-corrected chi connectivity index (χ2v) is 8.84. The second kappa shape index (κ2) is 11.8. The average molecular weight is 513 g/mol. The maximum absolute atomic E-state index is 14.2. The van der Waals surface area contributed by atoms with E-state index in [0.717, 1.165) is 15.1 Å². The maximum atomic E-state index is 14.2. The van der Waals surface area contributed by atoms with Crippen LogP contribution in [-0.4, -0.2) is 59.5 Å². The summed E-state index contributed by atoms with van der Waals surface area (Å²) in [6.45, 7) is 1.57. The van der Waals surface area contributed by atoms with Crippen molar-refractivity contribution in [1.29, 1.82) is 0 Å². The Balaban J connectivity index is 1.47. The number of anilines is 1. The van der Waals surface area contributed by atoms with Gasteiger partial charge in [-0.15, -0.1) is 11.3 Å². The SMILES string of the molecule is COCCOCCN(Cc1ccc(-c2cc3nccc(Oc4ccc(N)cc4F)c3s2)nc1)C(=O)O. The van der Waals surface area contributed by atoms with E-state index in [0.29, 0.717) is 35.9 Å². The largest absolute Gasteiger partial charge is 0.465 e. The lowest BCUT2D eigenvalue weighted by atomic mass is 10.2. The van der Waals surface area contributed by atoms with Gasteiger partial charge in [0.05, 0.1) is 47.2 Å². The van der Waals surface area contributed by atoms with E-state index in [9.17, 15) is 14.3 Å². The third-order valence-electron chi connectivity index (χ3n) is 5.21. The lowest BCUT2D eigenvalue weighted by molar-refractivity contribution is 0.0553. The predicted molar refractivity (Wildman–Crippen MR) is 135 cm³/mol. The van der Waals surface area contributed by atoms with Crippen molar-refractivity contribution < 1.29 is 28.5 Å². The molecule has 0 aliphatic rings. The number of nitrogens with zero attached hydrogens (tertiary/aromatic N) is 3. The van der Waals surface area contributed by atoms with Crippen LogP contribution in [0.15, 0.2) is 54.9 Å². The van der Waals surface area contributed by atoms with Gasteiger partial charge in [-0.3, -0.25) is 9.97 Å². The number of thiophene rings is 1. The Labute approximate surface area is 210 Å². The molecule has 0 radical (unpaired) electrons. The van der Waals surface area contributed by atoms with E-state index < -0.39 is 11.9 Å². The number of amides is 1. The van der Waals surface area contributed by atoms with Gasteiger partial charge in [0.1, 0.15) is 5.75 Å². The highest BCUT2D eigenvalue weighted by molar-refractivity contribution is 7.22. The molecule has 0 unspecified atom stereocenters. The molecule has 0 saturated heterocycles. The molecule has 0 fully saturated rings. The number of carboxylic acid groups (broad SMARTS) is 1. The summed E-state index contributed by atoms with van der Waals surface area (Å²) in [6, 6.07) is 11.5. The third-order valence-corrected chi connectivity index (χ3v) is 6.37. The van der Waals surface area contributed by atoms with E-state index in [4.69, 9.17) is 19.9 Å². The Morgan fingerprint density at radius 1 is 1.11 bits per heavy atom. The number of rotatable bonds is 11. The fraction of sp³-hybridized carbons (Fsp3) is 0.240. The highest BCUT2D eigenvalue weighted by atomic mass is 32.1. The van der Waals surface area contributed by atoms with E-state index in [1.54, 1.807) is 31.6 Å². The van der Waals surface area contributed by atoms with Crippen molar-refractivity contribution in [3.05, 3.63) is 66.2 Å². The number of halogens is 1. The van der Waals surface area contributed by atoms with E-state index in [-0.39, 0.29) is 25.4 Å². The number of carbonyl (C=O) groups is 1. The van der Waals surface area contributed by atoms with Crippen LogP contribution in [-0.2, 0) is 16.0 Å². The summed E-state index contributed by atoms with van der Waals surface area (Å²) in [6.07, 6.45) is 2.21. The first-order valence-corrected chi connectivity index (χ1v) is 11.9. The van der Waals surface area contributed by atoms with Gasteiger partial charge in [0.25, 0.3) is 0 Å². The van der Waals surface area contributed by atoms with Crippen molar-refractivity contribution in [2.75, 3.05) is 39.2 Å². The smallest absolute Gasteiger partial charge is 0.407 e. The number of pyridine rings is 2. The van der Waals surface area contributed by atoms with Gasteiger partial charge >= 0.3 is 6.09 Å². The quantitative estimate of drug-likeness (QED) is 0.212. The molecule has 3 N–H and O–H groups in total. The van der Waals surface area contributed by atoms with Gasteiger partial charge in [-0.05, 0) is 29.8 Å². The molecule has 4 rings (SSSR count). The normalized spacial score (nSPS) is 11.1. The van der Waals surface area contributed by atoms with Crippen LogP contribution in [0, 0.1) is 5.82 Å². The zero-order chi connectivity index (χ0) is 25.5. The van der Waals surface area contributed by atoms with Crippen LogP contribution in [0.3, 0.4) is 0 Å². The Morgan fingerprint density at radius 3 is 2.69 bits per heavy atom. The summed E-state index contributed by atoms with van der Waals surface area (Å²) in [5.74, 6) is -0.00601. The Kier molecular flexibility index (Phi) is 8.26. The molecule has 11 heteroatoms. The molecule has 0 spiro atoms. The number of ether oxygens (including phenoxy) is 3. The van der Waals surface area contributed by atoms with E-state index in [2.05, 4.69) is 9.97 Å². The minimum Gasteiger partial charge on any atom is -0.465 e. The van der Waals surface area contributed by atoms with E-state index in [1.165, 1.54) is 28.4 Å². The lowest BCUT2D eigenvalue weighted by Gasteiger charge is -2.19. The van der Waals surface area contributed by atoms with Crippen LogP contribution in [0.25, 0.3) is 20.8 Å². The van der Waals surface area contributed by atoms with Crippen LogP contribution in [0.1, 0.15) is 5.56 Å². The number of nitrogens with two attached hydrogens (primary N) is 1. The van der Waals surface area contributed by atoms with Gasteiger partial charge in [0, 0.05) is 43.9 Å². The van der Waals surface area contributed by atoms with Crippen LogP contribution in [0.5, 0.6) is 11.5 Å². The third kappa shape index (κ3) is 6.25. The second-order valence-electron chi connectivity index (χ2n) is 7.79. The summed E-state index contributed by atoms with van der Waals surface area (Å²) >= 11 is 1.42. The molecule has 9 nitrogen and oxygen atoms in total. The predicted octanol–water partition coefficient (Wildman–Crippen LogP) is 5.01. The number of methoxy groups -OCH3 is 1. The lowest BCUT2D eigenvalue weighted by Crippen LogP contribution is -2.32. The molecule has 0 saturated carbocycles. The first kappa shape index (κ1) is 25.3. The number of benzene rings is 1. The average Bonchev–Trinajstić information content (AvgIpc) is 3.30. The van der Waals surface area contributed by atoms with Crippen LogP contribution < -0.4 is 10.5 Å². The van der Waals surface area contributed by atoms with Gasteiger partial charge in [0.2, 0.25) is 0 Å². The molecular weight excluding hydrogens is 487 g/mol. The fourth-order valence-electron chi connectivity index (χ4n) is 3.39. The highest BCUT2D eigenvalue weighted by Gasteiger charge is 2.15. The fourth-order valence-corrected chi connectivity index (χ4v) is 4.43. The number of hydrogen-bond acceptors (Lipinski definition) is 8. The first-order chi connectivity index (χ1) is 17.4. The minimum atomic E-state index is -1.03. The number of hydrogen-bond donors (Lipinski definition) is 2. The van der Waals surface area contributed by atoms with Gasteiger partial charge < -0.3 is 30.0 Å². The van der Waals surface area contributed by atoms with E-state index in [1.807, 2.05) is 18.2 Å². The zero-order valence-corrected chi connectivity index (χ0v) is 20.3. The Morgan fingerprint density at radius 2 is 1.97 bits per heavy atom. The first-order valence-electron chi connectivity index (χ1n) is 11.1. The monoisotopic (exact) mass is 512 g/mol. The summed E-state index contributed by atoms with van der Waals surface area (Å²) in [5.41, 5.74) is 8.08. The van der Waals surface area contributed by atoms with Crippen LogP contribution in [0.4, 0.5) is 14.9 Å². The molecule has 0 aliphatic heterocycles. The number of fused-ring (bicyclic) bond motifs is 1. The van der Waals surface area contributed by atoms with Crippen molar-refractivity contribution >= 4 is 33.3 Å². The van der Waals surface area contributed by atoms with Gasteiger partial charge in [-0.1, -0.05) is 6.07 Å². The van der Waals surface area contributed by atoms with Crippen molar-refractivity contribution in [2.24, 2.45) is 0 Å². The maximum Gasteiger partial charge on any atom is 0.407 e. The summed E-state index contributed by atoms with van der Waals surface area (Å²) in [4.78, 5) is 22.6. The Hall–Kier alpha value is -3.80. The molecule has 188 valence electrons.